The van der Waals surface area contributed by atoms with Crippen LogP contribution in [-0.4, -0.2) is 31.3 Å². The first-order valence-corrected chi connectivity index (χ1v) is 6.44. The Balaban J connectivity index is 1.78. The second-order valence-corrected chi connectivity index (χ2v) is 4.93. The van der Waals surface area contributed by atoms with E-state index in [-0.39, 0.29) is 0 Å². The van der Waals surface area contributed by atoms with Crippen LogP contribution in [0.25, 0.3) is 11.0 Å². The van der Waals surface area contributed by atoms with E-state index < -0.39 is 0 Å². The summed E-state index contributed by atoms with van der Waals surface area (Å²) in [6.45, 7) is 2.40. The van der Waals surface area contributed by atoms with Gasteiger partial charge in [-0.25, -0.2) is 9.97 Å². The minimum Gasteiger partial charge on any atom is -0.348 e. The van der Waals surface area contributed by atoms with E-state index in [2.05, 4.69) is 25.0 Å². The highest BCUT2D eigenvalue weighted by Crippen LogP contribution is 2.27. The smallest absolute Gasteiger partial charge is 0.142 e. The van der Waals surface area contributed by atoms with Crippen molar-refractivity contribution in [1.29, 1.82) is 0 Å². The second-order valence-electron chi connectivity index (χ2n) is 4.52. The number of hydrogen-bond donors (Lipinski definition) is 1. The monoisotopic (exact) mass is 274 g/mol. The fourth-order valence-corrected chi connectivity index (χ4v) is 2.71. The third kappa shape index (κ3) is 1.60. The highest BCUT2D eigenvalue weighted by Gasteiger charge is 2.22. The molecule has 0 amide bonds. The summed E-state index contributed by atoms with van der Waals surface area (Å²) in [5.74, 6) is 0.940. The van der Waals surface area contributed by atoms with E-state index in [1.165, 1.54) is 0 Å². The van der Waals surface area contributed by atoms with Gasteiger partial charge in [-0.1, -0.05) is 11.6 Å². The highest BCUT2D eigenvalue weighted by atomic mass is 35.5. The molecule has 0 spiro atoms. The van der Waals surface area contributed by atoms with Crippen molar-refractivity contribution in [3.8, 4) is 0 Å². The van der Waals surface area contributed by atoms with Gasteiger partial charge in [0.1, 0.15) is 17.8 Å². The molecule has 3 aromatic heterocycles. The van der Waals surface area contributed by atoms with E-state index in [0.717, 1.165) is 42.2 Å². The number of nitrogens with one attached hydrogen (secondary N) is 1. The summed E-state index contributed by atoms with van der Waals surface area (Å²) < 4.78 is 1.95. The Bertz CT molecular complexity index is 746. The number of anilines is 1. The fourth-order valence-electron chi connectivity index (χ4n) is 2.50. The van der Waals surface area contributed by atoms with E-state index >= 15 is 0 Å². The van der Waals surface area contributed by atoms with Gasteiger partial charge in [0.15, 0.2) is 0 Å². The van der Waals surface area contributed by atoms with Crippen LogP contribution in [0.3, 0.4) is 0 Å². The van der Waals surface area contributed by atoms with Crippen molar-refractivity contribution in [3.63, 3.8) is 0 Å². The van der Waals surface area contributed by atoms with Crippen LogP contribution < -0.4 is 4.90 Å². The van der Waals surface area contributed by atoms with Gasteiger partial charge >= 0.3 is 0 Å². The molecule has 1 aliphatic rings. The molecular weight excluding hydrogens is 264 g/mol. The topological polar surface area (TPSA) is 62.6 Å². The van der Waals surface area contributed by atoms with Gasteiger partial charge in [-0.05, 0) is 6.07 Å². The zero-order chi connectivity index (χ0) is 12.8. The summed E-state index contributed by atoms with van der Waals surface area (Å²) in [7, 11) is 0. The molecule has 0 bridgehead atoms. The van der Waals surface area contributed by atoms with Crippen LogP contribution in [0.5, 0.6) is 0 Å². The average Bonchev–Trinajstić information content (AvgIpc) is 3.05. The third-order valence-electron chi connectivity index (χ3n) is 3.45. The lowest BCUT2D eigenvalue weighted by molar-refractivity contribution is 0.518. The van der Waals surface area contributed by atoms with Crippen molar-refractivity contribution in [1.82, 2.24) is 24.7 Å². The van der Waals surface area contributed by atoms with Gasteiger partial charge < -0.3 is 9.88 Å². The maximum atomic E-state index is 6.16. The summed E-state index contributed by atoms with van der Waals surface area (Å²) in [4.78, 5) is 13.9. The Hall–Kier alpha value is -2.08. The minimum atomic E-state index is 0.712. The summed E-state index contributed by atoms with van der Waals surface area (Å²) in [5, 5.41) is 6.00. The SMILES string of the molecule is Clc1cnn2c1CN(c1ncnc3[nH]ccc13)CC2. The maximum absolute atomic E-state index is 6.16. The van der Waals surface area contributed by atoms with Gasteiger partial charge in [-0.3, -0.25) is 4.68 Å². The predicted octanol–water partition coefficient (Wildman–Crippen LogP) is 1.83. The van der Waals surface area contributed by atoms with Crippen molar-refractivity contribution in [2.45, 2.75) is 13.1 Å². The van der Waals surface area contributed by atoms with E-state index in [1.807, 2.05) is 16.9 Å². The van der Waals surface area contributed by atoms with Crippen LogP contribution in [0.15, 0.2) is 24.8 Å². The molecule has 0 saturated heterocycles. The molecule has 0 aromatic carbocycles. The molecule has 0 aliphatic carbocycles. The molecule has 4 rings (SSSR count). The van der Waals surface area contributed by atoms with Gasteiger partial charge in [0, 0.05) is 12.7 Å². The van der Waals surface area contributed by atoms with Crippen molar-refractivity contribution < 1.29 is 0 Å². The van der Waals surface area contributed by atoms with E-state index in [0.29, 0.717) is 5.02 Å². The van der Waals surface area contributed by atoms with Crippen LogP contribution in [0.1, 0.15) is 5.69 Å². The molecule has 19 heavy (non-hydrogen) atoms. The second kappa shape index (κ2) is 3.96. The number of hydrogen-bond acceptors (Lipinski definition) is 4. The quantitative estimate of drug-likeness (QED) is 0.735. The molecule has 4 heterocycles. The molecule has 0 unspecified atom stereocenters. The van der Waals surface area contributed by atoms with Crippen LogP contribution in [0.2, 0.25) is 5.02 Å². The molecule has 96 valence electrons. The van der Waals surface area contributed by atoms with Crippen molar-refractivity contribution >= 4 is 28.5 Å². The van der Waals surface area contributed by atoms with Crippen molar-refractivity contribution in [2.75, 3.05) is 11.4 Å². The lowest BCUT2D eigenvalue weighted by Crippen LogP contribution is -2.34. The lowest BCUT2D eigenvalue weighted by atomic mass is 10.2. The Morgan fingerprint density at radius 2 is 2.21 bits per heavy atom. The Labute approximate surface area is 114 Å². The molecule has 0 atom stereocenters. The molecule has 0 radical (unpaired) electrons. The molecule has 1 aliphatic heterocycles. The summed E-state index contributed by atoms with van der Waals surface area (Å²) in [5.41, 5.74) is 1.89. The first-order chi connectivity index (χ1) is 9.33. The van der Waals surface area contributed by atoms with Gasteiger partial charge in [-0.2, -0.15) is 5.10 Å². The predicted molar refractivity (Wildman–Crippen MR) is 72.2 cm³/mol. The molecule has 1 N–H and O–H groups in total. The molecule has 7 heteroatoms. The van der Waals surface area contributed by atoms with Gasteiger partial charge in [0.05, 0.1) is 35.4 Å². The minimum absolute atomic E-state index is 0.712. The van der Waals surface area contributed by atoms with Gasteiger partial charge in [0.25, 0.3) is 0 Å². The number of aromatic nitrogens is 5. The molecule has 0 fully saturated rings. The van der Waals surface area contributed by atoms with Crippen LogP contribution in [0, 0.1) is 0 Å². The standard InChI is InChI=1S/C12H11ClN6/c13-9-5-17-19-4-3-18(6-10(9)19)12-8-1-2-14-11(8)15-7-16-12/h1-2,5,7H,3-4,6H2,(H,14,15,16). The molecule has 0 saturated carbocycles. The first-order valence-electron chi connectivity index (χ1n) is 6.06. The number of aromatic amines is 1. The Kier molecular flexibility index (Phi) is 2.25. The van der Waals surface area contributed by atoms with Crippen molar-refractivity contribution in [3.05, 3.63) is 35.5 Å². The van der Waals surface area contributed by atoms with E-state index in [4.69, 9.17) is 11.6 Å². The number of nitrogens with zero attached hydrogens (tertiary/aromatic N) is 5. The molecular formula is C12H11ClN6. The Morgan fingerprint density at radius 3 is 3.16 bits per heavy atom. The van der Waals surface area contributed by atoms with E-state index in [1.54, 1.807) is 12.5 Å². The number of halogens is 1. The largest absolute Gasteiger partial charge is 0.348 e. The normalized spacial score (nSPS) is 14.9. The Morgan fingerprint density at radius 1 is 1.26 bits per heavy atom. The van der Waals surface area contributed by atoms with Crippen LogP contribution in [-0.2, 0) is 13.1 Å². The average molecular weight is 275 g/mol. The maximum Gasteiger partial charge on any atom is 0.142 e. The number of rotatable bonds is 1. The van der Waals surface area contributed by atoms with Crippen LogP contribution >= 0.6 is 11.6 Å². The highest BCUT2D eigenvalue weighted by molar-refractivity contribution is 6.31. The first kappa shape index (κ1) is 10.8. The molecule has 6 nitrogen and oxygen atoms in total. The number of fused-ring (bicyclic) bond motifs is 2. The molecule has 3 aromatic rings. The zero-order valence-corrected chi connectivity index (χ0v) is 10.8. The number of H-pyrrole nitrogens is 1. The van der Waals surface area contributed by atoms with Gasteiger partial charge in [0.2, 0.25) is 0 Å². The summed E-state index contributed by atoms with van der Waals surface area (Å²) >= 11 is 6.16. The van der Waals surface area contributed by atoms with Gasteiger partial charge in [-0.15, -0.1) is 0 Å². The third-order valence-corrected chi connectivity index (χ3v) is 3.77. The lowest BCUT2D eigenvalue weighted by Gasteiger charge is -2.29. The zero-order valence-electron chi connectivity index (χ0n) is 10.0. The van der Waals surface area contributed by atoms with Crippen LogP contribution in [0.4, 0.5) is 5.82 Å². The van der Waals surface area contributed by atoms with E-state index in [9.17, 15) is 0 Å². The fraction of sp³-hybridized carbons (Fsp3) is 0.250. The van der Waals surface area contributed by atoms with Crippen molar-refractivity contribution in [2.24, 2.45) is 0 Å². The summed E-state index contributed by atoms with van der Waals surface area (Å²) in [6, 6.07) is 2.00. The summed E-state index contributed by atoms with van der Waals surface area (Å²) in [6.07, 6.45) is 5.16.